The third kappa shape index (κ3) is 6.65. The van der Waals surface area contributed by atoms with Crippen molar-refractivity contribution in [3.63, 3.8) is 0 Å². The van der Waals surface area contributed by atoms with E-state index in [2.05, 4.69) is 20.9 Å². The number of rotatable bonds is 10. The van der Waals surface area contributed by atoms with Crippen LogP contribution in [0.1, 0.15) is 56.9 Å². The lowest BCUT2D eigenvalue weighted by Gasteiger charge is -2.56. The van der Waals surface area contributed by atoms with Crippen LogP contribution in [0.4, 0.5) is 5.69 Å². The molecule has 1 saturated heterocycles. The van der Waals surface area contributed by atoms with E-state index < -0.39 is 0 Å². The third-order valence-corrected chi connectivity index (χ3v) is 8.61. The second-order valence-corrected chi connectivity index (χ2v) is 11.6. The van der Waals surface area contributed by atoms with Crippen molar-refractivity contribution in [2.45, 2.75) is 57.9 Å². The minimum absolute atomic E-state index is 0.00314. The second-order valence-electron chi connectivity index (χ2n) is 11.6. The lowest BCUT2D eigenvalue weighted by Crippen LogP contribution is -2.48. The summed E-state index contributed by atoms with van der Waals surface area (Å²) in [5, 5.41) is 8.67. The van der Waals surface area contributed by atoms with Gasteiger partial charge in [0.2, 0.25) is 17.7 Å². The summed E-state index contributed by atoms with van der Waals surface area (Å²) in [7, 11) is 0. The normalized spacial score (nSPS) is 29.1. The Morgan fingerprint density at radius 3 is 2.31 bits per heavy atom. The van der Waals surface area contributed by atoms with Crippen LogP contribution < -0.4 is 16.0 Å². The van der Waals surface area contributed by atoms with E-state index in [4.69, 9.17) is 4.74 Å². The summed E-state index contributed by atoms with van der Waals surface area (Å²) in [4.78, 5) is 39.6. The highest BCUT2D eigenvalue weighted by molar-refractivity contribution is 5.91. The Kier molecular flexibility index (Phi) is 7.91. The van der Waals surface area contributed by atoms with Gasteiger partial charge < -0.3 is 20.7 Å². The van der Waals surface area contributed by atoms with Crippen molar-refractivity contribution >= 4 is 23.4 Å². The molecule has 5 fully saturated rings. The Morgan fingerprint density at radius 2 is 1.61 bits per heavy atom. The van der Waals surface area contributed by atoms with Crippen LogP contribution in [-0.4, -0.2) is 62.0 Å². The standard InChI is InChI=1S/C28H40N4O4/c33-25(4-5-32-6-8-36-9-7-32)31-24-3-1-2-20(13-24)18-29-27(35)19-30-26(34)17-28-14-21-10-22(15-28)12-23(11-21)16-28/h1-3,13,21-23H,4-12,14-19H2,(H,29,35)(H,30,34)(H,31,33). The average molecular weight is 497 g/mol. The van der Waals surface area contributed by atoms with Gasteiger partial charge >= 0.3 is 0 Å². The Bertz CT molecular complexity index is 923. The van der Waals surface area contributed by atoms with Gasteiger partial charge in [0.15, 0.2) is 0 Å². The molecule has 1 aliphatic heterocycles. The molecule has 0 aromatic heterocycles. The highest BCUT2D eigenvalue weighted by Crippen LogP contribution is 2.61. The molecule has 5 aliphatic rings. The maximum absolute atomic E-state index is 12.7. The molecule has 0 atom stereocenters. The average Bonchev–Trinajstić information content (AvgIpc) is 2.85. The van der Waals surface area contributed by atoms with E-state index in [1.807, 2.05) is 24.3 Å². The molecule has 4 bridgehead atoms. The van der Waals surface area contributed by atoms with Crippen LogP contribution in [0.2, 0.25) is 0 Å². The van der Waals surface area contributed by atoms with Gasteiger partial charge in [-0.15, -0.1) is 0 Å². The number of anilines is 1. The van der Waals surface area contributed by atoms with E-state index in [1.165, 1.54) is 38.5 Å². The number of hydrogen-bond acceptors (Lipinski definition) is 5. The summed E-state index contributed by atoms with van der Waals surface area (Å²) < 4.78 is 5.34. The molecule has 4 aliphatic carbocycles. The summed E-state index contributed by atoms with van der Waals surface area (Å²) >= 11 is 0. The van der Waals surface area contributed by atoms with Gasteiger partial charge in [0.25, 0.3) is 0 Å². The number of benzene rings is 1. The number of hydrogen-bond donors (Lipinski definition) is 3. The van der Waals surface area contributed by atoms with E-state index in [-0.39, 0.29) is 29.7 Å². The number of carbonyl (C=O) groups excluding carboxylic acids is 3. The van der Waals surface area contributed by atoms with Gasteiger partial charge in [-0.1, -0.05) is 12.1 Å². The topological polar surface area (TPSA) is 99.8 Å². The minimum atomic E-state index is -0.200. The Hall–Kier alpha value is -2.45. The predicted molar refractivity (Wildman–Crippen MR) is 137 cm³/mol. The molecule has 3 N–H and O–H groups in total. The fourth-order valence-corrected chi connectivity index (χ4v) is 7.42. The maximum Gasteiger partial charge on any atom is 0.239 e. The number of carbonyl (C=O) groups is 3. The molecule has 36 heavy (non-hydrogen) atoms. The van der Waals surface area contributed by atoms with Crippen molar-refractivity contribution in [2.24, 2.45) is 23.2 Å². The molecular weight excluding hydrogens is 456 g/mol. The van der Waals surface area contributed by atoms with Gasteiger partial charge in [0, 0.05) is 44.7 Å². The summed E-state index contributed by atoms with van der Waals surface area (Å²) in [5.74, 6) is 2.24. The van der Waals surface area contributed by atoms with E-state index in [1.54, 1.807) is 0 Å². The Morgan fingerprint density at radius 1 is 0.917 bits per heavy atom. The second kappa shape index (κ2) is 11.3. The number of amides is 3. The molecule has 8 nitrogen and oxygen atoms in total. The molecule has 0 spiro atoms. The van der Waals surface area contributed by atoms with Crippen molar-refractivity contribution in [3.05, 3.63) is 29.8 Å². The molecular formula is C28H40N4O4. The molecule has 6 rings (SSSR count). The fraction of sp³-hybridized carbons (Fsp3) is 0.679. The summed E-state index contributed by atoms with van der Waals surface area (Å²) in [5.41, 5.74) is 1.80. The Balaban J connectivity index is 1.01. The third-order valence-electron chi connectivity index (χ3n) is 8.61. The molecule has 1 aromatic carbocycles. The fourth-order valence-electron chi connectivity index (χ4n) is 7.42. The molecule has 3 amide bonds. The van der Waals surface area contributed by atoms with Crippen LogP contribution >= 0.6 is 0 Å². The molecule has 0 unspecified atom stereocenters. The lowest BCUT2D eigenvalue weighted by atomic mass is 9.49. The summed E-state index contributed by atoms with van der Waals surface area (Å²) in [6, 6.07) is 7.50. The van der Waals surface area contributed by atoms with Crippen molar-refractivity contribution in [2.75, 3.05) is 44.7 Å². The lowest BCUT2D eigenvalue weighted by molar-refractivity contribution is -0.132. The van der Waals surface area contributed by atoms with Crippen molar-refractivity contribution < 1.29 is 19.1 Å². The summed E-state index contributed by atoms with van der Waals surface area (Å²) in [6.45, 7) is 4.25. The smallest absolute Gasteiger partial charge is 0.239 e. The van der Waals surface area contributed by atoms with Crippen LogP contribution in [0, 0.1) is 23.2 Å². The zero-order valence-electron chi connectivity index (χ0n) is 21.2. The van der Waals surface area contributed by atoms with Gasteiger partial charge in [-0.05, 0) is 79.4 Å². The number of nitrogens with one attached hydrogen (secondary N) is 3. The number of nitrogens with zero attached hydrogens (tertiary/aromatic N) is 1. The number of morpholine rings is 1. The molecule has 0 radical (unpaired) electrons. The first-order chi connectivity index (χ1) is 17.4. The van der Waals surface area contributed by atoms with E-state index >= 15 is 0 Å². The van der Waals surface area contributed by atoms with Crippen LogP contribution in [0.3, 0.4) is 0 Å². The molecule has 196 valence electrons. The van der Waals surface area contributed by atoms with E-state index in [0.29, 0.717) is 19.4 Å². The van der Waals surface area contributed by atoms with Crippen molar-refractivity contribution in [1.82, 2.24) is 15.5 Å². The highest BCUT2D eigenvalue weighted by Gasteiger charge is 2.51. The quantitative estimate of drug-likeness (QED) is 0.463. The Labute approximate surface area is 213 Å². The molecule has 8 heteroatoms. The zero-order valence-corrected chi connectivity index (χ0v) is 21.2. The van der Waals surface area contributed by atoms with Gasteiger partial charge in [-0.25, -0.2) is 0 Å². The largest absolute Gasteiger partial charge is 0.379 e. The van der Waals surface area contributed by atoms with Crippen molar-refractivity contribution in [1.29, 1.82) is 0 Å². The monoisotopic (exact) mass is 496 g/mol. The SMILES string of the molecule is O=C(CNC(=O)CC12CC3CC(CC(C3)C1)C2)NCc1cccc(NC(=O)CCN2CCOCC2)c1. The van der Waals surface area contributed by atoms with Crippen LogP contribution in [0.25, 0.3) is 0 Å². The summed E-state index contributed by atoms with van der Waals surface area (Å²) in [6.07, 6.45) is 8.67. The maximum atomic E-state index is 12.7. The first-order valence-electron chi connectivity index (χ1n) is 13.7. The van der Waals surface area contributed by atoms with Gasteiger partial charge in [-0.3, -0.25) is 19.3 Å². The van der Waals surface area contributed by atoms with Crippen LogP contribution in [0.15, 0.2) is 24.3 Å². The van der Waals surface area contributed by atoms with Crippen LogP contribution in [-0.2, 0) is 25.7 Å². The van der Waals surface area contributed by atoms with Crippen LogP contribution in [0.5, 0.6) is 0 Å². The predicted octanol–water partition coefficient (Wildman–Crippen LogP) is 2.69. The minimum Gasteiger partial charge on any atom is -0.379 e. The van der Waals surface area contributed by atoms with Gasteiger partial charge in [-0.2, -0.15) is 0 Å². The highest BCUT2D eigenvalue weighted by atomic mass is 16.5. The first-order valence-corrected chi connectivity index (χ1v) is 13.7. The van der Waals surface area contributed by atoms with Gasteiger partial charge in [0.1, 0.15) is 0 Å². The number of ether oxygens (including phenoxy) is 1. The van der Waals surface area contributed by atoms with E-state index in [0.717, 1.165) is 61.9 Å². The zero-order chi connectivity index (χ0) is 25.0. The van der Waals surface area contributed by atoms with E-state index in [9.17, 15) is 14.4 Å². The molecule has 4 saturated carbocycles. The molecule has 1 heterocycles. The first kappa shape index (κ1) is 25.2. The molecule has 1 aromatic rings. The van der Waals surface area contributed by atoms with Crippen molar-refractivity contribution in [3.8, 4) is 0 Å². The van der Waals surface area contributed by atoms with Gasteiger partial charge in [0.05, 0.1) is 19.8 Å².